The van der Waals surface area contributed by atoms with Gasteiger partial charge in [0.1, 0.15) is 11.7 Å². The molecule has 1 heterocycles. The molecule has 1 fully saturated rings. The summed E-state index contributed by atoms with van der Waals surface area (Å²) in [6.45, 7) is 6.02. The lowest BCUT2D eigenvalue weighted by Gasteiger charge is -2.20. The minimum Gasteiger partial charge on any atom is -0.321 e. The van der Waals surface area contributed by atoms with E-state index in [2.05, 4.69) is 0 Å². The van der Waals surface area contributed by atoms with Gasteiger partial charge in [-0.3, -0.25) is 10.8 Å². The van der Waals surface area contributed by atoms with Crippen LogP contribution < -0.4 is 0 Å². The van der Waals surface area contributed by atoms with E-state index < -0.39 is 0 Å². The Morgan fingerprint density at radius 3 is 1.91 bits per heavy atom. The van der Waals surface area contributed by atoms with E-state index in [0.717, 1.165) is 0 Å². The molecule has 11 heavy (non-hydrogen) atoms. The number of nitrogens with one attached hydrogen (secondary N) is 2. The number of hydrogen-bond acceptors (Lipinski definition) is 2. The summed E-state index contributed by atoms with van der Waals surface area (Å²) in [5.74, 6) is 1.27. The van der Waals surface area contributed by atoms with Crippen LogP contribution >= 0.6 is 0 Å². The molecule has 0 aromatic carbocycles. The first-order valence-electron chi connectivity index (χ1n) is 3.80. The normalized spacial score (nSPS) is 29.8. The molecule has 1 saturated heterocycles. The van der Waals surface area contributed by atoms with Gasteiger partial charge in [-0.15, -0.1) is 0 Å². The van der Waals surface area contributed by atoms with Crippen LogP contribution in [-0.2, 0) is 0 Å². The number of rotatable bonds is 0. The Hall–Kier alpha value is -0.860. The van der Waals surface area contributed by atoms with Gasteiger partial charge < -0.3 is 4.90 Å². The lowest BCUT2D eigenvalue weighted by atomic mass is 9.82. The van der Waals surface area contributed by atoms with Gasteiger partial charge in [0.2, 0.25) is 0 Å². The summed E-state index contributed by atoms with van der Waals surface area (Å²) in [5, 5.41) is 15.3. The summed E-state index contributed by atoms with van der Waals surface area (Å²) >= 11 is 0. The molecule has 2 N–H and O–H groups in total. The third-order valence-corrected chi connectivity index (χ3v) is 2.80. The SMILES string of the molecule is CC1C(=N)N(C)C(=N)C1(C)C. The topological polar surface area (TPSA) is 50.9 Å². The molecular formula is C8H15N3. The van der Waals surface area contributed by atoms with E-state index in [1.54, 1.807) is 11.9 Å². The van der Waals surface area contributed by atoms with E-state index in [4.69, 9.17) is 10.8 Å². The molecule has 0 saturated carbocycles. The van der Waals surface area contributed by atoms with Crippen molar-refractivity contribution in [1.29, 1.82) is 10.8 Å². The predicted octanol–water partition coefficient (Wildman–Crippen LogP) is 1.55. The first kappa shape index (κ1) is 8.24. The Kier molecular flexibility index (Phi) is 1.54. The number of hydrogen-bond donors (Lipinski definition) is 2. The van der Waals surface area contributed by atoms with Crippen LogP contribution in [-0.4, -0.2) is 23.6 Å². The Bertz CT molecular complexity index is 217. The van der Waals surface area contributed by atoms with Crippen molar-refractivity contribution in [3.63, 3.8) is 0 Å². The quantitative estimate of drug-likeness (QED) is 0.545. The summed E-state index contributed by atoms with van der Waals surface area (Å²) in [7, 11) is 1.79. The van der Waals surface area contributed by atoms with E-state index >= 15 is 0 Å². The van der Waals surface area contributed by atoms with E-state index in [0.29, 0.717) is 11.7 Å². The average molecular weight is 153 g/mol. The molecule has 0 aromatic heterocycles. The first-order valence-corrected chi connectivity index (χ1v) is 3.80. The third-order valence-electron chi connectivity index (χ3n) is 2.80. The molecule has 1 rings (SSSR count). The second-order valence-corrected chi connectivity index (χ2v) is 3.74. The zero-order chi connectivity index (χ0) is 8.81. The summed E-state index contributed by atoms with van der Waals surface area (Å²) in [6, 6.07) is 0. The van der Waals surface area contributed by atoms with Crippen molar-refractivity contribution < 1.29 is 0 Å². The Labute approximate surface area is 67.4 Å². The fraction of sp³-hybridized carbons (Fsp3) is 0.750. The van der Waals surface area contributed by atoms with Gasteiger partial charge in [0.15, 0.2) is 0 Å². The van der Waals surface area contributed by atoms with Crippen molar-refractivity contribution in [2.45, 2.75) is 20.8 Å². The van der Waals surface area contributed by atoms with Crippen LogP contribution in [0.3, 0.4) is 0 Å². The fourth-order valence-electron chi connectivity index (χ4n) is 1.39. The molecule has 3 nitrogen and oxygen atoms in total. The molecule has 1 aliphatic heterocycles. The van der Waals surface area contributed by atoms with Gasteiger partial charge in [0.05, 0.1) is 0 Å². The zero-order valence-electron chi connectivity index (χ0n) is 7.52. The van der Waals surface area contributed by atoms with E-state index in [1.807, 2.05) is 20.8 Å². The number of nitrogens with zero attached hydrogens (tertiary/aromatic N) is 1. The molecule has 3 heteroatoms. The molecule has 1 atom stereocenters. The highest BCUT2D eigenvalue weighted by atomic mass is 15.2. The highest BCUT2D eigenvalue weighted by Gasteiger charge is 2.44. The van der Waals surface area contributed by atoms with E-state index in [9.17, 15) is 0 Å². The minimum absolute atomic E-state index is 0.161. The number of amidine groups is 2. The van der Waals surface area contributed by atoms with Crippen molar-refractivity contribution in [3.8, 4) is 0 Å². The highest BCUT2D eigenvalue weighted by molar-refractivity contribution is 6.08. The maximum absolute atomic E-state index is 7.70. The lowest BCUT2D eigenvalue weighted by molar-refractivity contribution is 0.437. The van der Waals surface area contributed by atoms with Gasteiger partial charge in [-0.2, -0.15) is 0 Å². The van der Waals surface area contributed by atoms with Crippen LogP contribution in [0.1, 0.15) is 20.8 Å². The molecule has 0 aliphatic carbocycles. The smallest absolute Gasteiger partial charge is 0.107 e. The van der Waals surface area contributed by atoms with Crippen LogP contribution in [0, 0.1) is 22.2 Å². The van der Waals surface area contributed by atoms with Crippen LogP contribution in [0.4, 0.5) is 0 Å². The van der Waals surface area contributed by atoms with Crippen molar-refractivity contribution in [2.75, 3.05) is 7.05 Å². The maximum atomic E-state index is 7.70. The van der Waals surface area contributed by atoms with E-state index in [1.165, 1.54) is 0 Å². The van der Waals surface area contributed by atoms with Crippen LogP contribution in [0.5, 0.6) is 0 Å². The van der Waals surface area contributed by atoms with E-state index in [-0.39, 0.29) is 11.3 Å². The fourth-order valence-corrected chi connectivity index (χ4v) is 1.39. The second-order valence-electron chi connectivity index (χ2n) is 3.74. The first-order chi connectivity index (χ1) is 4.89. The summed E-state index contributed by atoms with van der Waals surface area (Å²) in [6.07, 6.45) is 0. The highest BCUT2D eigenvalue weighted by Crippen LogP contribution is 2.36. The van der Waals surface area contributed by atoms with Gasteiger partial charge in [-0.05, 0) is 0 Å². The summed E-state index contributed by atoms with van der Waals surface area (Å²) < 4.78 is 0. The molecule has 0 amide bonds. The standard InChI is InChI=1S/C8H15N3/c1-5-6(9)11(4)7(10)8(5,2)3/h5,9-10H,1-4H3. The lowest BCUT2D eigenvalue weighted by Crippen LogP contribution is -2.28. The zero-order valence-corrected chi connectivity index (χ0v) is 7.52. The molecule has 1 aliphatic rings. The molecule has 1 unspecified atom stereocenters. The van der Waals surface area contributed by atoms with Gasteiger partial charge in [-0.25, -0.2) is 0 Å². The van der Waals surface area contributed by atoms with Crippen LogP contribution in [0.2, 0.25) is 0 Å². The molecular weight excluding hydrogens is 138 g/mol. The Morgan fingerprint density at radius 2 is 1.82 bits per heavy atom. The molecule has 0 bridgehead atoms. The van der Waals surface area contributed by atoms with Crippen molar-refractivity contribution >= 4 is 11.7 Å². The summed E-state index contributed by atoms with van der Waals surface area (Å²) in [5.41, 5.74) is -0.161. The van der Waals surface area contributed by atoms with Crippen LogP contribution in [0.15, 0.2) is 0 Å². The summed E-state index contributed by atoms with van der Waals surface area (Å²) in [4.78, 5) is 1.66. The molecule has 62 valence electrons. The predicted molar refractivity (Wildman–Crippen MR) is 46.2 cm³/mol. The maximum Gasteiger partial charge on any atom is 0.107 e. The molecule has 0 aromatic rings. The van der Waals surface area contributed by atoms with Gasteiger partial charge in [0, 0.05) is 18.4 Å². The Morgan fingerprint density at radius 1 is 1.36 bits per heavy atom. The number of likely N-dealkylation sites (tertiary alicyclic amines) is 1. The van der Waals surface area contributed by atoms with Gasteiger partial charge in [-0.1, -0.05) is 20.8 Å². The average Bonchev–Trinajstić information content (AvgIpc) is 2.06. The van der Waals surface area contributed by atoms with Crippen molar-refractivity contribution in [3.05, 3.63) is 0 Å². The van der Waals surface area contributed by atoms with Gasteiger partial charge in [0.25, 0.3) is 0 Å². The van der Waals surface area contributed by atoms with Crippen LogP contribution in [0.25, 0.3) is 0 Å². The Balaban J connectivity index is 3.06. The largest absolute Gasteiger partial charge is 0.321 e. The second kappa shape index (κ2) is 2.06. The van der Waals surface area contributed by atoms with Gasteiger partial charge >= 0.3 is 0 Å². The molecule has 0 radical (unpaired) electrons. The molecule has 0 spiro atoms. The van der Waals surface area contributed by atoms with Crippen molar-refractivity contribution in [2.24, 2.45) is 11.3 Å². The monoisotopic (exact) mass is 153 g/mol. The third kappa shape index (κ3) is 0.870. The van der Waals surface area contributed by atoms with Crippen molar-refractivity contribution in [1.82, 2.24) is 4.90 Å². The minimum atomic E-state index is -0.161.